The standard InChI is InChI=1S/C24H24F3N5O5S/c1-15-5-2-3-6-17(15)22-18(24(25,26)27)9-10-19(28-22)30-38(36,37)21-8-4-7-20(29-21)31-11-12-32(23(34)35)16(13-31)14-33/h2-10,16,33H,11-14H2,1H3,(H,28,30)(H,34,35). The summed E-state index contributed by atoms with van der Waals surface area (Å²) in [7, 11) is -4.36. The molecule has 0 spiro atoms. The Labute approximate surface area is 216 Å². The van der Waals surface area contributed by atoms with E-state index in [1.807, 2.05) is 0 Å². The summed E-state index contributed by atoms with van der Waals surface area (Å²) in [6.07, 6.45) is -5.89. The fourth-order valence-electron chi connectivity index (χ4n) is 4.18. The zero-order valence-corrected chi connectivity index (χ0v) is 20.9. The molecule has 1 aliphatic heterocycles. The zero-order chi connectivity index (χ0) is 27.7. The van der Waals surface area contributed by atoms with Crippen LogP contribution in [-0.2, 0) is 16.2 Å². The third-order valence-electron chi connectivity index (χ3n) is 6.09. The SMILES string of the molecule is Cc1ccccc1-c1nc(NS(=O)(=O)c2cccc(N3CCN(C(=O)O)C(CO)C3)n2)ccc1C(F)(F)F. The minimum atomic E-state index is -4.71. The van der Waals surface area contributed by atoms with Crippen LogP contribution in [0.1, 0.15) is 11.1 Å². The van der Waals surface area contributed by atoms with Crippen LogP contribution in [0.15, 0.2) is 59.6 Å². The second-order valence-electron chi connectivity index (χ2n) is 8.60. The molecule has 1 atom stereocenters. The molecule has 14 heteroatoms. The van der Waals surface area contributed by atoms with E-state index in [-0.39, 0.29) is 36.8 Å². The average molecular weight is 552 g/mol. The summed E-state index contributed by atoms with van der Waals surface area (Å²) in [4.78, 5) is 22.3. The summed E-state index contributed by atoms with van der Waals surface area (Å²) in [6.45, 7) is 1.58. The van der Waals surface area contributed by atoms with Gasteiger partial charge >= 0.3 is 12.3 Å². The summed E-state index contributed by atoms with van der Waals surface area (Å²) >= 11 is 0. The van der Waals surface area contributed by atoms with Crippen LogP contribution in [-0.4, -0.2) is 71.9 Å². The first-order valence-electron chi connectivity index (χ1n) is 11.4. The Morgan fingerprint density at radius 2 is 1.82 bits per heavy atom. The Balaban J connectivity index is 1.63. The number of halogens is 3. The van der Waals surface area contributed by atoms with Crippen molar-refractivity contribution < 1.29 is 36.6 Å². The van der Waals surface area contributed by atoms with Crippen molar-refractivity contribution in [2.75, 3.05) is 35.9 Å². The van der Waals surface area contributed by atoms with Gasteiger partial charge in [0.05, 0.1) is 23.9 Å². The molecule has 38 heavy (non-hydrogen) atoms. The van der Waals surface area contributed by atoms with E-state index in [9.17, 15) is 36.6 Å². The Morgan fingerprint density at radius 3 is 2.47 bits per heavy atom. The summed E-state index contributed by atoms with van der Waals surface area (Å²) in [5.41, 5.74) is -0.679. The van der Waals surface area contributed by atoms with Crippen LogP contribution in [0.2, 0.25) is 0 Å². The molecule has 1 aromatic carbocycles. The van der Waals surface area contributed by atoms with E-state index in [0.717, 1.165) is 17.0 Å². The first-order valence-corrected chi connectivity index (χ1v) is 12.9. The lowest BCUT2D eigenvalue weighted by molar-refractivity contribution is -0.137. The maximum atomic E-state index is 13.7. The molecule has 1 amide bonds. The number of alkyl halides is 3. The molecular formula is C24H24F3N5O5S. The topological polar surface area (TPSA) is 136 Å². The van der Waals surface area contributed by atoms with E-state index < -0.39 is 51.2 Å². The van der Waals surface area contributed by atoms with Crippen LogP contribution >= 0.6 is 0 Å². The van der Waals surface area contributed by atoms with Gasteiger partial charge < -0.3 is 15.1 Å². The maximum Gasteiger partial charge on any atom is 0.418 e. The van der Waals surface area contributed by atoms with E-state index in [1.165, 1.54) is 24.3 Å². The molecule has 0 saturated carbocycles. The van der Waals surface area contributed by atoms with Gasteiger partial charge in [0.1, 0.15) is 11.6 Å². The smallest absolute Gasteiger partial charge is 0.418 e. The third-order valence-corrected chi connectivity index (χ3v) is 7.34. The van der Waals surface area contributed by atoms with Crippen LogP contribution in [0.25, 0.3) is 11.3 Å². The first-order chi connectivity index (χ1) is 17.9. The minimum absolute atomic E-state index is 0.0780. The van der Waals surface area contributed by atoms with Crippen molar-refractivity contribution in [3.8, 4) is 11.3 Å². The lowest BCUT2D eigenvalue weighted by Gasteiger charge is -2.39. The molecule has 10 nitrogen and oxygen atoms in total. The monoisotopic (exact) mass is 551 g/mol. The Bertz CT molecular complexity index is 1450. The Kier molecular flexibility index (Phi) is 7.47. The number of benzene rings is 1. The van der Waals surface area contributed by atoms with E-state index >= 15 is 0 Å². The molecule has 1 unspecified atom stereocenters. The van der Waals surface area contributed by atoms with Gasteiger partial charge in [-0.25, -0.2) is 14.8 Å². The minimum Gasteiger partial charge on any atom is -0.465 e. The van der Waals surface area contributed by atoms with E-state index in [1.54, 1.807) is 30.0 Å². The molecule has 1 saturated heterocycles. The van der Waals surface area contributed by atoms with Crippen molar-refractivity contribution in [1.82, 2.24) is 14.9 Å². The molecule has 0 aliphatic carbocycles. The summed E-state index contributed by atoms with van der Waals surface area (Å²) in [6, 6.07) is 11.5. The predicted molar refractivity (Wildman–Crippen MR) is 132 cm³/mol. The highest BCUT2D eigenvalue weighted by Gasteiger charge is 2.35. The van der Waals surface area contributed by atoms with Crippen molar-refractivity contribution in [3.63, 3.8) is 0 Å². The van der Waals surface area contributed by atoms with E-state index in [0.29, 0.717) is 5.56 Å². The number of aliphatic hydroxyl groups excluding tert-OH is 1. The van der Waals surface area contributed by atoms with Gasteiger partial charge in [-0.15, -0.1) is 0 Å². The van der Waals surface area contributed by atoms with Crippen LogP contribution in [0.5, 0.6) is 0 Å². The predicted octanol–water partition coefficient (Wildman–Crippen LogP) is 3.43. The number of carboxylic acid groups (broad SMARTS) is 1. The summed E-state index contributed by atoms with van der Waals surface area (Å²) in [5.74, 6) is -0.0868. The third kappa shape index (κ3) is 5.65. The largest absolute Gasteiger partial charge is 0.465 e. The van der Waals surface area contributed by atoms with Crippen LogP contribution in [0.3, 0.4) is 0 Å². The molecule has 2 aromatic heterocycles. The number of aliphatic hydroxyl groups is 1. The number of piperazine rings is 1. The molecule has 3 aromatic rings. The second kappa shape index (κ2) is 10.5. The highest BCUT2D eigenvalue weighted by Crippen LogP contribution is 2.38. The fourth-order valence-corrected chi connectivity index (χ4v) is 5.14. The van der Waals surface area contributed by atoms with Crippen LogP contribution in [0, 0.1) is 6.92 Å². The number of aryl methyl sites for hydroxylation is 1. The van der Waals surface area contributed by atoms with Gasteiger partial charge in [0.2, 0.25) is 0 Å². The zero-order valence-electron chi connectivity index (χ0n) is 20.1. The van der Waals surface area contributed by atoms with Gasteiger partial charge in [-0.1, -0.05) is 30.3 Å². The van der Waals surface area contributed by atoms with Crippen molar-refractivity contribution in [1.29, 1.82) is 0 Å². The molecular weight excluding hydrogens is 527 g/mol. The fraction of sp³-hybridized carbons (Fsp3) is 0.292. The molecule has 1 fully saturated rings. The number of amides is 1. The highest BCUT2D eigenvalue weighted by atomic mass is 32.2. The highest BCUT2D eigenvalue weighted by molar-refractivity contribution is 7.92. The number of hydrogen-bond donors (Lipinski definition) is 3. The van der Waals surface area contributed by atoms with Gasteiger partial charge in [-0.2, -0.15) is 21.6 Å². The first kappa shape index (κ1) is 27.1. The summed E-state index contributed by atoms with van der Waals surface area (Å²) in [5, 5.41) is 18.5. The van der Waals surface area contributed by atoms with Gasteiger partial charge in [0, 0.05) is 25.2 Å². The number of nitrogens with one attached hydrogen (secondary N) is 1. The number of hydrogen-bond acceptors (Lipinski definition) is 7. The molecule has 0 bridgehead atoms. The van der Waals surface area contributed by atoms with Crippen molar-refractivity contribution >= 4 is 27.8 Å². The number of carbonyl (C=O) groups is 1. The number of pyridine rings is 2. The number of sulfonamides is 1. The van der Waals surface area contributed by atoms with Crippen molar-refractivity contribution in [3.05, 3.63) is 65.7 Å². The number of rotatable bonds is 6. The van der Waals surface area contributed by atoms with Crippen LogP contribution < -0.4 is 9.62 Å². The summed E-state index contributed by atoms with van der Waals surface area (Å²) < 4.78 is 69.5. The molecule has 4 rings (SSSR count). The molecule has 202 valence electrons. The molecule has 1 aliphatic rings. The molecule has 0 radical (unpaired) electrons. The van der Waals surface area contributed by atoms with Crippen LogP contribution in [0.4, 0.5) is 29.6 Å². The van der Waals surface area contributed by atoms with Gasteiger partial charge in [-0.3, -0.25) is 9.62 Å². The number of anilines is 2. The second-order valence-corrected chi connectivity index (χ2v) is 10.2. The lowest BCUT2D eigenvalue weighted by atomic mass is 10.0. The molecule has 3 heterocycles. The maximum absolute atomic E-state index is 13.7. The number of aromatic nitrogens is 2. The van der Waals surface area contributed by atoms with E-state index in [4.69, 9.17) is 0 Å². The lowest BCUT2D eigenvalue weighted by Crippen LogP contribution is -2.56. The number of nitrogens with zero attached hydrogens (tertiary/aromatic N) is 4. The van der Waals surface area contributed by atoms with Gasteiger partial charge in [0.25, 0.3) is 10.0 Å². The van der Waals surface area contributed by atoms with Crippen molar-refractivity contribution in [2.45, 2.75) is 24.2 Å². The Hall–Kier alpha value is -3.91. The Morgan fingerprint density at radius 1 is 1.08 bits per heavy atom. The van der Waals surface area contributed by atoms with E-state index in [2.05, 4.69) is 14.7 Å². The van der Waals surface area contributed by atoms with Gasteiger partial charge in [0.15, 0.2) is 5.03 Å². The average Bonchev–Trinajstić information content (AvgIpc) is 2.87. The van der Waals surface area contributed by atoms with Crippen molar-refractivity contribution in [2.24, 2.45) is 0 Å². The molecule has 3 N–H and O–H groups in total. The normalized spacial score (nSPS) is 16.4. The van der Waals surface area contributed by atoms with Gasteiger partial charge in [-0.05, 0) is 36.8 Å². The quantitative estimate of drug-likeness (QED) is 0.424.